The predicted molar refractivity (Wildman–Crippen MR) is 57.8 cm³/mol. The smallest absolute Gasteiger partial charge is 0.266 e. The number of alkyl halides is 2. The van der Waals surface area contributed by atoms with Crippen LogP contribution in [-0.2, 0) is 6.42 Å². The fourth-order valence-corrected chi connectivity index (χ4v) is 1.88. The number of aromatic nitrogens is 1. The van der Waals surface area contributed by atoms with Crippen LogP contribution in [0.1, 0.15) is 17.6 Å². The van der Waals surface area contributed by atoms with Crippen molar-refractivity contribution in [1.82, 2.24) is 4.98 Å². The Hall–Kier alpha value is -0.970. The standard InChI is InChI=1S/C9H7F2IN2O/c1-15-6-4-14-9(12)7(8(10)11)5(6)2-3-13/h4,8H,2H2,1H3. The van der Waals surface area contributed by atoms with E-state index >= 15 is 0 Å². The van der Waals surface area contributed by atoms with Gasteiger partial charge in [0.15, 0.2) is 0 Å². The summed E-state index contributed by atoms with van der Waals surface area (Å²) >= 11 is 1.72. The zero-order valence-corrected chi connectivity index (χ0v) is 9.96. The second-order valence-electron chi connectivity index (χ2n) is 2.65. The zero-order valence-electron chi connectivity index (χ0n) is 7.80. The minimum Gasteiger partial charge on any atom is -0.495 e. The molecule has 1 rings (SSSR count). The summed E-state index contributed by atoms with van der Waals surface area (Å²) in [4.78, 5) is 3.79. The van der Waals surface area contributed by atoms with Crippen molar-refractivity contribution < 1.29 is 13.5 Å². The van der Waals surface area contributed by atoms with Gasteiger partial charge < -0.3 is 4.74 Å². The van der Waals surface area contributed by atoms with E-state index in [1.165, 1.54) is 13.3 Å². The zero-order chi connectivity index (χ0) is 11.4. The van der Waals surface area contributed by atoms with Crippen LogP contribution in [0.5, 0.6) is 5.75 Å². The molecule has 0 fully saturated rings. The molecular weight excluding hydrogens is 317 g/mol. The minimum absolute atomic E-state index is 0.110. The molecule has 80 valence electrons. The number of ether oxygens (including phenoxy) is 1. The molecule has 6 heteroatoms. The number of hydrogen-bond donors (Lipinski definition) is 0. The van der Waals surface area contributed by atoms with Crippen molar-refractivity contribution in [3.05, 3.63) is 21.0 Å². The average Bonchev–Trinajstić information content (AvgIpc) is 2.18. The quantitative estimate of drug-likeness (QED) is 0.634. The summed E-state index contributed by atoms with van der Waals surface area (Å²) in [6.07, 6.45) is -1.41. The Balaban J connectivity index is 3.38. The van der Waals surface area contributed by atoms with Crippen LogP contribution in [0.4, 0.5) is 8.78 Å². The Kier molecular flexibility index (Phi) is 4.20. The van der Waals surface area contributed by atoms with Crippen molar-refractivity contribution in [1.29, 1.82) is 5.26 Å². The molecule has 0 aliphatic rings. The first kappa shape index (κ1) is 12.1. The molecule has 0 aliphatic heterocycles. The summed E-state index contributed by atoms with van der Waals surface area (Å²) in [7, 11) is 1.36. The molecule has 0 radical (unpaired) electrons. The molecule has 0 amide bonds. The number of hydrogen-bond acceptors (Lipinski definition) is 3. The van der Waals surface area contributed by atoms with E-state index in [4.69, 9.17) is 10.00 Å². The van der Waals surface area contributed by atoms with Gasteiger partial charge in [-0.3, -0.25) is 0 Å². The van der Waals surface area contributed by atoms with E-state index in [9.17, 15) is 8.78 Å². The molecule has 0 aliphatic carbocycles. The van der Waals surface area contributed by atoms with Gasteiger partial charge in [0.25, 0.3) is 6.43 Å². The number of pyridine rings is 1. The van der Waals surface area contributed by atoms with Crippen molar-refractivity contribution in [2.75, 3.05) is 7.11 Å². The van der Waals surface area contributed by atoms with Crippen LogP contribution >= 0.6 is 22.6 Å². The lowest BCUT2D eigenvalue weighted by molar-refractivity contribution is 0.148. The van der Waals surface area contributed by atoms with Crippen LogP contribution in [0, 0.1) is 15.0 Å². The largest absolute Gasteiger partial charge is 0.495 e. The summed E-state index contributed by atoms with van der Waals surface area (Å²) in [5, 5.41) is 8.56. The van der Waals surface area contributed by atoms with Crippen molar-refractivity contribution in [3.63, 3.8) is 0 Å². The third-order valence-corrected chi connectivity index (χ3v) is 2.69. The maximum Gasteiger partial charge on any atom is 0.266 e. The summed E-state index contributed by atoms with van der Waals surface area (Å²) < 4.78 is 30.5. The Labute approximate surface area is 99.2 Å². The highest BCUT2D eigenvalue weighted by Gasteiger charge is 2.21. The monoisotopic (exact) mass is 324 g/mol. The normalized spacial score (nSPS) is 10.1. The highest BCUT2D eigenvalue weighted by molar-refractivity contribution is 14.1. The van der Waals surface area contributed by atoms with Gasteiger partial charge in [-0.15, -0.1) is 0 Å². The third-order valence-electron chi connectivity index (χ3n) is 1.83. The Bertz CT molecular complexity index is 404. The summed E-state index contributed by atoms with van der Waals surface area (Å²) in [6.45, 7) is 0. The van der Waals surface area contributed by atoms with Gasteiger partial charge in [-0.25, -0.2) is 13.8 Å². The van der Waals surface area contributed by atoms with Crippen molar-refractivity contribution in [2.45, 2.75) is 12.8 Å². The van der Waals surface area contributed by atoms with Gasteiger partial charge in [0, 0.05) is 5.56 Å². The molecule has 0 spiro atoms. The number of nitrogens with zero attached hydrogens (tertiary/aromatic N) is 2. The molecule has 0 saturated carbocycles. The van der Waals surface area contributed by atoms with E-state index in [-0.39, 0.29) is 27.0 Å². The first-order valence-electron chi connectivity index (χ1n) is 3.98. The highest BCUT2D eigenvalue weighted by atomic mass is 127. The second-order valence-corrected chi connectivity index (χ2v) is 3.67. The van der Waals surface area contributed by atoms with Crippen molar-refractivity contribution in [3.8, 4) is 11.8 Å². The van der Waals surface area contributed by atoms with Gasteiger partial charge in [-0.2, -0.15) is 5.26 Å². The minimum atomic E-state index is -2.65. The molecule has 0 aromatic carbocycles. The number of methoxy groups -OCH3 is 1. The molecule has 0 unspecified atom stereocenters. The van der Waals surface area contributed by atoms with Gasteiger partial charge in [0.05, 0.1) is 31.4 Å². The predicted octanol–water partition coefficient (Wildman–Crippen LogP) is 2.70. The van der Waals surface area contributed by atoms with Gasteiger partial charge in [0.1, 0.15) is 9.45 Å². The number of rotatable bonds is 3. The van der Waals surface area contributed by atoms with Gasteiger partial charge >= 0.3 is 0 Å². The molecule has 1 aromatic rings. The number of nitriles is 1. The van der Waals surface area contributed by atoms with Crippen LogP contribution in [0.2, 0.25) is 0 Å². The number of halogens is 3. The molecule has 0 saturated heterocycles. The first-order valence-corrected chi connectivity index (χ1v) is 5.06. The van der Waals surface area contributed by atoms with E-state index < -0.39 is 6.43 Å². The van der Waals surface area contributed by atoms with Gasteiger partial charge in [0.2, 0.25) is 0 Å². The third kappa shape index (κ3) is 2.53. The SMILES string of the molecule is COc1cnc(I)c(C(F)F)c1CC#N. The highest BCUT2D eigenvalue weighted by Crippen LogP contribution is 2.32. The van der Waals surface area contributed by atoms with Gasteiger partial charge in [-0.05, 0) is 22.6 Å². The lowest BCUT2D eigenvalue weighted by atomic mass is 10.1. The second kappa shape index (κ2) is 5.21. The van der Waals surface area contributed by atoms with Crippen LogP contribution in [0.3, 0.4) is 0 Å². The molecule has 15 heavy (non-hydrogen) atoms. The summed E-state index contributed by atoms with van der Waals surface area (Å²) in [5.41, 5.74) is 0.00546. The molecule has 3 nitrogen and oxygen atoms in total. The van der Waals surface area contributed by atoms with Crippen LogP contribution < -0.4 is 4.74 Å². The van der Waals surface area contributed by atoms with Crippen molar-refractivity contribution >= 4 is 22.6 Å². The fraction of sp³-hybridized carbons (Fsp3) is 0.333. The Morgan fingerprint density at radius 1 is 1.67 bits per heavy atom. The summed E-state index contributed by atoms with van der Waals surface area (Å²) in [6, 6.07) is 1.84. The molecular formula is C9H7F2IN2O. The van der Waals surface area contributed by atoms with E-state index in [1.54, 1.807) is 22.6 Å². The Morgan fingerprint density at radius 2 is 2.33 bits per heavy atom. The van der Waals surface area contributed by atoms with E-state index in [2.05, 4.69) is 4.98 Å². The van der Waals surface area contributed by atoms with Crippen molar-refractivity contribution in [2.24, 2.45) is 0 Å². The molecule has 1 heterocycles. The first-order chi connectivity index (χ1) is 7.11. The molecule has 0 bridgehead atoms. The van der Waals surface area contributed by atoms with Crippen LogP contribution in [0.15, 0.2) is 6.20 Å². The van der Waals surface area contributed by atoms with E-state index in [1.807, 2.05) is 6.07 Å². The maximum atomic E-state index is 12.7. The molecule has 1 aromatic heterocycles. The fourth-order valence-electron chi connectivity index (χ4n) is 1.18. The average molecular weight is 324 g/mol. The summed E-state index contributed by atoms with van der Waals surface area (Å²) in [5.74, 6) is 0.229. The maximum absolute atomic E-state index is 12.7. The van der Waals surface area contributed by atoms with Crippen LogP contribution in [-0.4, -0.2) is 12.1 Å². The van der Waals surface area contributed by atoms with E-state index in [0.29, 0.717) is 0 Å². The topological polar surface area (TPSA) is 45.9 Å². The Morgan fingerprint density at radius 3 is 2.80 bits per heavy atom. The lowest BCUT2D eigenvalue weighted by Gasteiger charge is -2.11. The van der Waals surface area contributed by atoms with E-state index in [0.717, 1.165) is 0 Å². The van der Waals surface area contributed by atoms with Crippen LogP contribution in [0.25, 0.3) is 0 Å². The molecule has 0 N–H and O–H groups in total. The van der Waals surface area contributed by atoms with Gasteiger partial charge in [-0.1, -0.05) is 0 Å². The molecule has 0 atom stereocenters. The lowest BCUT2D eigenvalue weighted by Crippen LogP contribution is -2.03.